The Morgan fingerprint density at radius 3 is 2.67 bits per heavy atom. The molecule has 4 aromatic rings. The molecule has 2 aromatic carbocycles. The molecule has 30 heavy (non-hydrogen) atoms. The number of nitrogens with zero attached hydrogens (tertiary/aromatic N) is 2. The van der Waals surface area contributed by atoms with Crippen molar-refractivity contribution in [2.45, 2.75) is 27.3 Å². The highest BCUT2D eigenvalue weighted by Gasteiger charge is 2.15. The number of benzene rings is 2. The summed E-state index contributed by atoms with van der Waals surface area (Å²) in [4.78, 5) is 17.3. The fourth-order valence-electron chi connectivity index (χ4n) is 3.54. The second-order valence-corrected chi connectivity index (χ2v) is 8.55. The number of hydrogen-bond donors (Lipinski definition) is 1. The summed E-state index contributed by atoms with van der Waals surface area (Å²) in [5.74, 6) is 0.742. The van der Waals surface area contributed by atoms with Gasteiger partial charge in [-0.25, -0.2) is 9.78 Å². The maximum Gasteiger partial charge on any atom is 0.345 e. The highest BCUT2D eigenvalue weighted by atomic mass is 35.5. The van der Waals surface area contributed by atoms with Crippen molar-refractivity contribution in [2.24, 2.45) is 0 Å². The molecule has 0 saturated heterocycles. The Bertz CT molecular complexity index is 1260. The molecule has 1 N–H and O–H groups in total. The molecule has 0 spiro atoms. The Hall–Kier alpha value is -2.83. The molecular formula is C23H21ClN2O3S. The van der Waals surface area contributed by atoms with E-state index in [0.717, 1.165) is 44.2 Å². The van der Waals surface area contributed by atoms with Crippen molar-refractivity contribution < 1.29 is 14.6 Å². The van der Waals surface area contributed by atoms with Gasteiger partial charge in [0.05, 0.1) is 24.2 Å². The lowest BCUT2D eigenvalue weighted by molar-refractivity contribution is 0.0702. The van der Waals surface area contributed by atoms with Crippen molar-refractivity contribution in [2.75, 3.05) is 6.61 Å². The first-order valence-corrected chi connectivity index (χ1v) is 10.8. The SMILES string of the molecule is CCOc1ccc(Cn2c(C)nc3c(C)cc(-c4ccc(C(=O)O)s4)cc32)c(Cl)c1. The van der Waals surface area contributed by atoms with Gasteiger partial charge in [0, 0.05) is 9.90 Å². The third kappa shape index (κ3) is 3.80. The molecule has 0 aliphatic heterocycles. The number of carbonyl (C=O) groups is 1. The van der Waals surface area contributed by atoms with Crippen LogP contribution in [0.5, 0.6) is 5.75 Å². The van der Waals surface area contributed by atoms with Crippen LogP contribution in [0.4, 0.5) is 0 Å². The van der Waals surface area contributed by atoms with E-state index in [1.807, 2.05) is 45.0 Å². The number of carboxylic acid groups (broad SMARTS) is 1. The van der Waals surface area contributed by atoms with Gasteiger partial charge >= 0.3 is 5.97 Å². The molecule has 0 atom stereocenters. The van der Waals surface area contributed by atoms with Gasteiger partial charge in [0.15, 0.2) is 0 Å². The van der Waals surface area contributed by atoms with Crippen LogP contribution < -0.4 is 4.74 Å². The number of carboxylic acids is 1. The molecule has 154 valence electrons. The molecular weight excluding hydrogens is 420 g/mol. The van der Waals surface area contributed by atoms with E-state index in [2.05, 4.69) is 16.7 Å². The van der Waals surface area contributed by atoms with Crippen LogP contribution in [0.2, 0.25) is 5.02 Å². The van der Waals surface area contributed by atoms with Crippen LogP contribution in [0.25, 0.3) is 21.5 Å². The zero-order chi connectivity index (χ0) is 21.4. The van der Waals surface area contributed by atoms with Gasteiger partial charge in [-0.2, -0.15) is 0 Å². The minimum Gasteiger partial charge on any atom is -0.494 e. The number of aryl methyl sites for hydroxylation is 2. The molecule has 0 fully saturated rings. The predicted molar refractivity (Wildman–Crippen MR) is 121 cm³/mol. The second kappa shape index (κ2) is 8.13. The highest BCUT2D eigenvalue weighted by Crippen LogP contribution is 2.33. The zero-order valence-electron chi connectivity index (χ0n) is 16.9. The third-order valence-corrected chi connectivity index (χ3v) is 6.47. The Morgan fingerprint density at radius 2 is 2.00 bits per heavy atom. The van der Waals surface area contributed by atoms with Crippen molar-refractivity contribution in [1.82, 2.24) is 9.55 Å². The average molecular weight is 441 g/mol. The average Bonchev–Trinajstić information content (AvgIpc) is 3.30. The third-order valence-electron chi connectivity index (χ3n) is 5.00. The van der Waals surface area contributed by atoms with E-state index in [1.165, 1.54) is 11.3 Å². The molecule has 4 rings (SSSR count). The first kappa shape index (κ1) is 20.4. The molecule has 0 aliphatic rings. The lowest BCUT2D eigenvalue weighted by Gasteiger charge is -2.11. The molecule has 0 unspecified atom stereocenters. The van der Waals surface area contributed by atoms with E-state index in [0.29, 0.717) is 23.1 Å². The first-order valence-electron chi connectivity index (χ1n) is 9.59. The van der Waals surface area contributed by atoms with E-state index in [-0.39, 0.29) is 0 Å². The second-order valence-electron chi connectivity index (χ2n) is 7.06. The normalized spacial score (nSPS) is 11.2. The van der Waals surface area contributed by atoms with Crippen molar-refractivity contribution >= 4 is 39.9 Å². The predicted octanol–water partition coefficient (Wildman–Crippen LogP) is 6.18. The summed E-state index contributed by atoms with van der Waals surface area (Å²) in [7, 11) is 0. The van der Waals surface area contributed by atoms with E-state index in [9.17, 15) is 9.90 Å². The Labute approximate surface area is 183 Å². The topological polar surface area (TPSA) is 64.4 Å². The Morgan fingerprint density at radius 1 is 1.20 bits per heavy atom. The maximum atomic E-state index is 11.3. The number of rotatable bonds is 6. The fraction of sp³-hybridized carbons (Fsp3) is 0.217. The lowest BCUT2D eigenvalue weighted by atomic mass is 10.1. The molecule has 7 heteroatoms. The number of aromatic nitrogens is 2. The van der Waals surface area contributed by atoms with Gasteiger partial charge in [0.1, 0.15) is 16.5 Å². The zero-order valence-corrected chi connectivity index (χ0v) is 18.5. The number of aromatic carboxylic acids is 1. The molecule has 2 aromatic heterocycles. The minimum atomic E-state index is -0.907. The molecule has 0 aliphatic carbocycles. The van der Waals surface area contributed by atoms with Gasteiger partial charge < -0.3 is 14.4 Å². The van der Waals surface area contributed by atoms with Crippen LogP contribution in [0.1, 0.15) is 33.5 Å². The molecule has 0 saturated carbocycles. The minimum absolute atomic E-state index is 0.327. The summed E-state index contributed by atoms with van der Waals surface area (Å²) in [5, 5.41) is 9.89. The lowest BCUT2D eigenvalue weighted by Crippen LogP contribution is -2.03. The van der Waals surface area contributed by atoms with E-state index in [1.54, 1.807) is 6.07 Å². The number of ether oxygens (including phenoxy) is 1. The highest BCUT2D eigenvalue weighted by molar-refractivity contribution is 7.17. The van der Waals surface area contributed by atoms with Gasteiger partial charge in [-0.3, -0.25) is 0 Å². The van der Waals surface area contributed by atoms with Gasteiger partial charge in [0.25, 0.3) is 0 Å². The van der Waals surface area contributed by atoms with Crippen LogP contribution >= 0.6 is 22.9 Å². The van der Waals surface area contributed by atoms with E-state index >= 15 is 0 Å². The van der Waals surface area contributed by atoms with E-state index < -0.39 is 5.97 Å². The van der Waals surface area contributed by atoms with E-state index in [4.69, 9.17) is 21.3 Å². The molecule has 0 radical (unpaired) electrons. The summed E-state index contributed by atoms with van der Waals surface area (Å²) < 4.78 is 7.66. The molecule has 0 bridgehead atoms. The van der Waals surface area contributed by atoms with Crippen molar-refractivity contribution in [3.8, 4) is 16.2 Å². The van der Waals surface area contributed by atoms with Crippen LogP contribution in [-0.2, 0) is 6.54 Å². The van der Waals surface area contributed by atoms with Crippen LogP contribution in [0.3, 0.4) is 0 Å². The van der Waals surface area contributed by atoms with Crippen molar-refractivity contribution in [3.05, 3.63) is 69.3 Å². The smallest absolute Gasteiger partial charge is 0.345 e. The largest absolute Gasteiger partial charge is 0.494 e. The van der Waals surface area contributed by atoms with Crippen molar-refractivity contribution in [1.29, 1.82) is 0 Å². The maximum absolute atomic E-state index is 11.3. The fourth-order valence-corrected chi connectivity index (χ4v) is 4.60. The van der Waals surface area contributed by atoms with Crippen LogP contribution in [-0.4, -0.2) is 27.2 Å². The van der Waals surface area contributed by atoms with Crippen LogP contribution in [0, 0.1) is 13.8 Å². The number of fused-ring (bicyclic) bond motifs is 1. The number of hydrogen-bond acceptors (Lipinski definition) is 4. The van der Waals surface area contributed by atoms with Crippen molar-refractivity contribution in [3.63, 3.8) is 0 Å². The first-order chi connectivity index (χ1) is 14.4. The molecule has 0 amide bonds. The van der Waals surface area contributed by atoms with Gasteiger partial charge in [0.2, 0.25) is 0 Å². The quantitative estimate of drug-likeness (QED) is 0.388. The molecule has 2 heterocycles. The Balaban J connectivity index is 1.77. The number of imidazole rings is 1. The van der Waals surface area contributed by atoms with Crippen LogP contribution in [0.15, 0.2) is 42.5 Å². The van der Waals surface area contributed by atoms with Gasteiger partial charge in [-0.05, 0) is 73.9 Å². The monoisotopic (exact) mass is 440 g/mol. The summed E-state index contributed by atoms with van der Waals surface area (Å²) in [5.41, 5.74) is 4.95. The molecule has 5 nitrogen and oxygen atoms in total. The Kier molecular flexibility index (Phi) is 5.54. The summed E-state index contributed by atoms with van der Waals surface area (Å²) in [6.07, 6.45) is 0. The number of thiophene rings is 1. The summed E-state index contributed by atoms with van der Waals surface area (Å²) in [6, 6.07) is 13.4. The van der Waals surface area contributed by atoms with Gasteiger partial charge in [-0.1, -0.05) is 17.7 Å². The standard InChI is InChI=1S/C23H21ClN2O3S/c1-4-29-17-6-5-15(18(24)11-17)12-26-14(3)25-22-13(2)9-16(10-19(22)26)20-7-8-21(30-20)23(27)28/h5-11H,4,12H2,1-3H3,(H,27,28). The number of halogens is 1. The van der Waals surface area contributed by atoms with Gasteiger partial charge in [-0.15, -0.1) is 11.3 Å². The summed E-state index contributed by atoms with van der Waals surface area (Å²) in [6.45, 7) is 7.12. The summed E-state index contributed by atoms with van der Waals surface area (Å²) >= 11 is 7.78.